The average Bonchev–Trinajstić information content (AvgIpc) is 2.73. The number of rotatable bonds is 2. The van der Waals surface area contributed by atoms with Gasteiger partial charge in [0.05, 0.1) is 5.02 Å². The molecule has 1 amide bonds. The Labute approximate surface area is 123 Å². The highest BCUT2D eigenvalue weighted by Gasteiger charge is 2.32. The van der Waals surface area contributed by atoms with E-state index in [1.807, 2.05) is 6.92 Å². The fraction of sp³-hybridized carbons (Fsp3) is 0.462. The van der Waals surface area contributed by atoms with Crippen molar-refractivity contribution in [2.24, 2.45) is 11.7 Å². The van der Waals surface area contributed by atoms with Crippen LogP contribution in [0, 0.1) is 11.7 Å². The zero-order chi connectivity index (χ0) is 13.3. The molecule has 0 spiro atoms. The summed E-state index contributed by atoms with van der Waals surface area (Å²) in [5.74, 6) is -0.389. The zero-order valence-electron chi connectivity index (χ0n) is 10.6. The molecule has 2 atom stereocenters. The number of amides is 1. The summed E-state index contributed by atoms with van der Waals surface area (Å²) in [6.45, 7) is 3.20. The lowest BCUT2D eigenvalue weighted by Crippen LogP contribution is -2.34. The highest BCUT2D eigenvalue weighted by molar-refractivity contribution is 6.30. The maximum absolute atomic E-state index is 13.3. The third kappa shape index (κ3) is 3.38. The van der Waals surface area contributed by atoms with Crippen molar-refractivity contribution in [2.45, 2.75) is 19.4 Å². The van der Waals surface area contributed by atoms with Gasteiger partial charge in [-0.2, -0.15) is 0 Å². The molecule has 3 nitrogen and oxygen atoms in total. The van der Waals surface area contributed by atoms with Crippen LogP contribution in [0.2, 0.25) is 5.02 Å². The maximum atomic E-state index is 13.3. The highest BCUT2D eigenvalue weighted by atomic mass is 35.5. The van der Waals surface area contributed by atoms with Gasteiger partial charge in [0.15, 0.2) is 0 Å². The third-order valence-electron chi connectivity index (χ3n) is 3.42. The first-order valence-corrected chi connectivity index (χ1v) is 6.36. The quantitative estimate of drug-likeness (QED) is 0.913. The molecule has 1 aliphatic heterocycles. The number of nitrogens with zero attached hydrogens (tertiary/aromatic N) is 1. The van der Waals surface area contributed by atoms with Gasteiger partial charge in [-0.15, -0.1) is 12.4 Å². The van der Waals surface area contributed by atoms with E-state index in [0.29, 0.717) is 24.6 Å². The highest BCUT2D eigenvalue weighted by Crippen LogP contribution is 2.25. The summed E-state index contributed by atoms with van der Waals surface area (Å²) in [6.07, 6.45) is 0.901. The molecule has 6 heteroatoms. The first-order valence-electron chi connectivity index (χ1n) is 5.99. The summed E-state index contributed by atoms with van der Waals surface area (Å²) in [6, 6.07) is 4.29. The average molecular weight is 307 g/mol. The lowest BCUT2D eigenvalue weighted by atomic mass is 10.1. The normalized spacial score (nSPS) is 22.2. The molecule has 1 aliphatic rings. The van der Waals surface area contributed by atoms with Crippen molar-refractivity contribution in [1.29, 1.82) is 0 Å². The second kappa shape index (κ2) is 6.55. The van der Waals surface area contributed by atoms with E-state index in [1.54, 1.807) is 11.0 Å². The molecule has 1 saturated heterocycles. The summed E-state index contributed by atoms with van der Waals surface area (Å²) >= 11 is 5.60. The van der Waals surface area contributed by atoms with E-state index in [4.69, 9.17) is 17.3 Å². The molecule has 1 aromatic rings. The van der Waals surface area contributed by atoms with Gasteiger partial charge in [0, 0.05) is 18.2 Å². The van der Waals surface area contributed by atoms with Crippen LogP contribution in [0.5, 0.6) is 0 Å². The minimum absolute atomic E-state index is 0. The van der Waals surface area contributed by atoms with Crippen LogP contribution in [0.3, 0.4) is 0 Å². The summed E-state index contributed by atoms with van der Waals surface area (Å²) in [7, 11) is 0. The molecule has 1 heterocycles. The first kappa shape index (κ1) is 16.2. The number of benzene rings is 1. The van der Waals surface area contributed by atoms with Crippen LogP contribution in [0.1, 0.15) is 23.7 Å². The van der Waals surface area contributed by atoms with Crippen molar-refractivity contribution >= 4 is 29.9 Å². The predicted molar refractivity (Wildman–Crippen MR) is 76.3 cm³/mol. The van der Waals surface area contributed by atoms with Crippen molar-refractivity contribution < 1.29 is 9.18 Å². The monoisotopic (exact) mass is 306 g/mol. The molecule has 1 fully saturated rings. The number of carbonyl (C=O) groups excluding carboxylic acids is 1. The van der Waals surface area contributed by atoms with E-state index in [0.717, 1.165) is 6.42 Å². The minimum Gasteiger partial charge on any atom is -0.336 e. The predicted octanol–water partition coefficient (Wildman–Crippen LogP) is 2.71. The molecular weight excluding hydrogens is 290 g/mol. The van der Waals surface area contributed by atoms with Crippen molar-refractivity contribution in [3.05, 3.63) is 34.6 Å². The van der Waals surface area contributed by atoms with E-state index < -0.39 is 5.82 Å². The van der Waals surface area contributed by atoms with Gasteiger partial charge in [-0.05, 0) is 44.0 Å². The fourth-order valence-corrected chi connectivity index (χ4v) is 2.51. The number of hydrogen-bond donors (Lipinski definition) is 1. The van der Waals surface area contributed by atoms with E-state index >= 15 is 0 Å². The van der Waals surface area contributed by atoms with Crippen LogP contribution in [0.25, 0.3) is 0 Å². The molecule has 0 bridgehead atoms. The summed E-state index contributed by atoms with van der Waals surface area (Å²) in [5, 5.41) is 0.0286. The number of hydrogen-bond acceptors (Lipinski definition) is 2. The van der Waals surface area contributed by atoms with Crippen LogP contribution in [0.4, 0.5) is 4.39 Å². The molecule has 2 N–H and O–H groups in total. The number of nitrogens with two attached hydrogens (primary N) is 1. The Morgan fingerprint density at radius 1 is 1.58 bits per heavy atom. The Bertz CT molecular complexity index is 470. The van der Waals surface area contributed by atoms with Gasteiger partial charge in [0.25, 0.3) is 5.91 Å². The van der Waals surface area contributed by atoms with E-state index in [9.17, 15) is 9.18 Å². The minimum atomic E-state index is -0.565. The van der Waals surface area contributed by atoms with Gasteiger partial charge in [-0.1, -0.05) is 11.6 Å². The number of likely N-dealkylation sites (tertiary alicyclic amines) is 1. The van der Waals surface area contributed by atoms with Crippen molar-refractivity contribution in [1.82, 2.24) is 4.90 Å². The van der Waals surface area contributed by atoms with Gasteiger partial charge in [-0.3, -0.25) is 4.79 Å². The lowest BCUT2D eigenvalue weighted by Gasteiger charge is -2.21. The Kier molecular flexibility index (Phi) is 5.59. The Morgan fingerprint density at radius 3 is 2.79 bits per heavy atom. The van der Waals surface area contributed by atoms with E-state index in [2.05, 4.69) is 0 Å². The molecule has 0 radical (unpaired) electrons. The van der Waals surface area contributed by atoms with Gasteiger partial charge in [0.1, 0.15) is 5.82 Å². The second-order valence-electron chi connectivity index (χ2n) is 4.77. The largest absolute Gasteiger partial charge is 0.336 e. The van der Waals surface area contributed by atoms with Crippen LogP contribution in [-0.2, 0) is 0 Å². The van der Waals surface area contributed by atoms with Gasteiger partial charge in [-0.25, -0.2) is 4.39 Å². The summed E-state index contributed by atoms with van der Waals surface area (Å²) in [5.41, 5.74) is 5.96. The SMILES string of the molecule is CC1CC(CN)CN1C(=O)c1ccc(Cl)c(F)c1.Cl. The molecule has 19 heavy (non-hydrogen) atoms. The van der Waals surface area contributed by atoms with Crippen molar-refractivity contribution in [3.63, 3.8) is 0 Å². The summed E-state index contributed by atoms with van der Waals surface area (Å²) in [4.78, 5) is 14.0. The van der Waals surface area contributed by atoms with E-state index in [-0.39, 0.29) is 29.4 Å². The molecular formula is C13H17Cl2FN2O. The third-order valence-corrected chi connectivity index (χ3v) is 3.73. The van der Waals surface area contributed by atoms with E-state index in [1.165, 1.54) is 12.1 Å². The molecule has 0 saturated carbocycles. The summed E-state index contributed by atoms with van der Waals surface area (Å²) < 4.78 is 13.3. The molecule has 106 valence electrons. The van der Waals surface area contributed by atoms with Crippen LogP contribution in [-0.4, -0.2) is 29.9 Å². The standard InChI is InChI=1S/C13H16ClFN2O.ClH/c1-8-4-9(6-16)7-17(8)13(18)10-2-3-11(14)12(15)5-10;/h2-3,5,8-9H,4,6-7,16H2,1H3;1H. The Morgan fingerprint density at radius 2 is 2.26 bits per heavy atom. The lowest BCUT2D eigenvalue weighted by molar-refractivity contribution is 0.0743. The van der Waals surface area contributed by atoms with Crippen LogP contribution >= 0.6 is 24.0 Å². The van der Waals surface area contributed by atoms with Gasteiger partial charge < -0.3 is 10.6 Å². The Hall–Kier alpha value is -0.840. The molecule has 0 aromatic heterocycles. The van der Waals surface area contributed by atoms with Crippen LogP contribution < -0.4 is 5.73 Å². The number of carbonyl (C=O) groups is 1. The molecule has 2 rings (SSSR count). The second-order valence-corrected chi connectivity index (χ2v) is 5.18. The molecule has 2 unspecified atom stereocenters. The van der Waals surface area contributed by atoms with Crippen LogP contribution in [0.15, 0.2) is 18.2 Å². The zero-order valence-corrected chi connectivity index (χ0v) is 12.2. The molecule has 1 aromatic carbocycles. The van der Waals surface area contributed by atoms with Gasteiger partial charge >= 0.3 is 0 Å². The fourth-order valence-electron chi connectivity index (χ4n) is 2.39. The molecule has 0 aliphatic carbocycles. The van der Waals surface area contributed by atoms with Crippen molar-refractivity contribution in [3.8, 4) is 0 Å². The Balaban J connectivity index is 0.00000180. The smallest absolute Gasteiger partial charge is 0.254 e. The maximum Gasteiger partial charge on any atom is 0.254 e. The van der Waals surface area contributed by atoms with Gasteiger partial charge in [0.2, 0.25) is 0 Å². The topological polar surface area (TPSA) is 46.3 Å². The number of halogens is 3. The first-order chi connectivity index (χ1) is 8.52. The van der Waals surface area contributed by atoms with Crippen molar-refractivity contribution in [2.75, 3.05) is 13.1 Å².